The summed E-state index contributed by atoms with van der Waals surface area (Å²) in [5, 5.41) is 0. The molecule has 0 saturated carbocycles. The van der Waals surface area contributed by atoms with E-state index in [1.165, 1.54) is 12.3 Å². The third kappa shape index (κ3) is 3.87. The lowest BCUT2D eigenvalue weighted by atomic mass is 9.97. The van der Waals surface area contributed by atoms with Crippen LogP contribution in [-0.4, -0.2) is 26.2 Å². The number of hydrogen-bond donors (Lipinski definition) is 1. The molecule has 2 heterocycles. The Hall–Kier alpha value is -2.29. The van der Waals surface area contributed by atoms with Crippen LogP contribution in [-0.2, 0) is 29.2 Å². The van der Waals surface area contributed by atoms with Gasteiger partial charge < -0.3 is 4.90 Å². The van der Waals surface area contributed by atoms with E-state index in [1.807, 2.05) is 0 Å². The van der Waals surface area contributed by atoms with Crippen LogP contribution in [0.2, 0.25) is 0 Å². The highest BCUT2D eigenvalue weighted by Gasteiger charge is 2.36. The van der Waals surface area contributed by atoms with Crippen molar-refractivity contribution in [1.29, 1.82) is 0 Å². The van der Waals surface area contributed by atoms with Crippen molar-refractivity contribution in [3.05, 3.63) is 53.2 Å². The molecule has 1 aliphatic heterocycles. The van der Waals surface area contributed by atoms with Crippen LogP contribution in [0.4, 0.5) is 24.7 Å². The number of benzene rings is 1. The highest BCUT2D eigenvalue weighted by molar-refractivity contribution is 7.92. The highest BCUT2D eigenvalue weighted by Crippen LogP contribution is 2.37. The van der Waals surface area contributed by atoms with Crippen LogP contribution in [0.1, 0.15) is 16.7 Å². The number of alkyl halides is 3. The minimum Gasteiger partial charge on any atom is -0.351 e. The standard InChI is InChI=1S/C16H16F3N3O2S/c1-25(23,24)21-14-6-2-4-11-10-22(9-7-12(11)14)15-13(16(17,18)19)5-3-8-20-15/h2-6,8,21H,7,9-10H2,1H3. The van der Waals surface area contributed by atoms with Gasteiger partial charge in [0.15, 0.2) is 0 Å². The summed E-state index contributed by atoms with van der Waals surface area (Å²) in [5.74, 6) is -0.109. The van der Waals surface area contributed by atoms with Crippen LogP contribution in [0.3, 0.4) is 0 Å². The fourth-order valence-corrected chi connectivity index (χ4v) is 3.55. The molecule has 0 amide bonds. The van der Waals surface area contributed by atoms with Crippen LogP contribution in [0, 0.1) is 0 Å². The summed E-state index contributed by atoms with van der Waals surface area (Å²) in [6, 6.07) is 7.39. The Morgan fingerprint density at radius 1 is 1.20 bits per heavy atom. The molecule has 0 bridgehead atoms. The maximum absolute atomic E-state index is 13.2. The van der Waals surface area contributed by atoms with Gasteiger partial charge in [-0.1, -0.05) is 12.1 Å². The van der Waals surface area contributed by atoms with Gasteiger partial charge in [0.2, 0.25) is 10.0 Å². The van der Waals surface area contributed by atoms with Crippen molar-refractivity contribution in [3.8, 4) is 0 Å². The van der Waals surface area contributed by atoms with Gasteiger partial charge in [-0.15, -0.1) is 0 Å². The predicted molar refractivity (Wildman–Crippen MR) is 88.9 cm³/mol. The summed E-state index contributed by atoms with van der Waals surface area (Å²) in [4.78, 5) is 5.48. The Kier molecular flexibility index (Phi) is 4.36. The summed E-state index contributed by atoms with van der Waals surface area (Å²) >= 11 is 0. The number of nitrogens with one attached hydrogen (secondary N) is 1. The second kappa shape index (κ2) is 6.21. The molecule has 0 spiro atoms. The number of nitrogens with zero attached hydrogens (tertiary/aromatic N) is 2. The first-order valence-corrected chi connectivity index (χ1v) is 9.40. The summed E-state index contributed by atoms with van der Waals surface area (Å²) in [7, 11) is -3.43. The van der Waals surface area contributed by atoms with E-state index < -0.39 is 21.8 Å². The number of sulfonamides is 1. The van der Waals surface area contributed by atoms with Crippen LogP contribution < -0.4 is 9.62 Å². The third-order valence-electron chi connectivity index (χ3n) is 3.95. The van der Waals surface area contributed by atoms with Crippen LogP contribution in [0.15, 0.2) is 36.5 Å². The summed E-state index contributed by atoms with van der Waals surface area (Å²) in [6.45, 7) is 0.546. The van der Waals surface area contributed by atoms with E-state index >= 15 is 0 Å². The molecular formula is C16H16F3N3O2S. The Bertz CT molecular complexity index is 898. The van der Waals surface area contributed by atoms with Crippen LogP contribution >= 0.6 is 0 Å². The van der Waals surface area contributed by atoms with Gasteiger partial charge in [0, 0.05) is 19.3 Å². The number of hydrogen-bond acceptors (Lipinski definition) is 4. The van der Waals surface area contributed by atoms with Crippen molar-refractivity contribution in [3.63, 3.8) is 0 Å². The third-order valence-corrected chi connectivity index (χ3v) is 4.54. The Morgan fingerprint density at radius 3 is 2.64 bits per heavy atom. The fraction of sp³-hybridized carbons (Fsp3) is 0.312. The van der Waals surface area contributed by atoms with Gasteiger partial charge in [-0.3, -0.25) is 4.72 Å². The SMILES string of the molecule is CS(=O)(=O)Nc1cccc2c1CCN(c1ncccc1C(F)(F)F)C2. The number of pyridine rings is 1. The van der Waals surface area contributed by atoms with Gasteiger partial charge in [-0.05, 0) is 35.7 Å². The molecule has 1 aromatic carbocycles. The van der Waals surface area contributed by atoms with E-state index in [0.29, 0.717) is 18.7 Å². The average molecular weight is 371 g/mol. The molecule has 0 fully saturated rings. The van der Waals surface area contributed by atoms with Gasteiger partial charge >= 0.3 is 6.18 Å². The minimum absolute atomic E-state index is 0.109. The number of fused-ring (bicyclic) bond motifs is 1. The van der Waals surface area contributed by atoms with Crippen LogP contribution in [0.5, 0.6) is 0 Å². The second-order valence-corrected chi connectivity index (χ2v) is 7.61. The topological polar surface area (TPSA) is 62.3 Å². The van der Waals surface area contributed by atoms with Crippen molar-refractivity contribution in [2.24, 2.45) is 0 Å². The molecule has 2 aromatic rings. The van der Waals surface area contributed by atoms with Crippen molar-refractivity contribution in [2.45, 2.75) is 19.1 Å². The minimum atomic E-state index is -4.48. The first-order chi connectivity index (χ1) is 11.6. The van der Waals surface area contributed by atoms with E-state index in [1.54, 1.807) is 23.1 Å². The number of rotatable bonds is 3. The summed E-state index contributed by atoms with van der Waals surface area (Å²) in [5.41, 5.74) is 1.27. The lowest BCUT2D eigenvalue weighted by molar-refractivity contribution is -0.137. The average Bonchev–Trinajstić information content (AvgIpc) is 2.52. The first-order valence-electron chi connectivity index (χ1n) is 7.51. The zero-order valence-electron chi connectivity index (χ0n) is 13.3. The molecule has 1 aliphatic rings. The van der Waals surface area contributed by atoms with Gasteiger partial charge in [-0.25, -0.2) is 13.4 Å². The second-order valence-electron chi connectivity index (χ2n) is 5.86. The largest absolute Gasteiger partial charge is 0.419 e. The number of halogens is 3. The van der Waals surface area contributed by atoms with Gasteiger partial charge in [0.25, 0.3) is 0 Å². The zero-order valence-corrected chi connectivity index (χ0v) is 14.2. The first kappa shape index (κ1) is 17.5. The van der Waals surface area contributed by atoms with Crippen molar-refractivity contribution < 1.29 is 21.6 Å². The molecule has 1 aromatic heterocycles. The van der Waals surface area contributed by atoms with E-state index in [-0.39, 0.29) is 12.4 Å². The summed E-state index contributed by atoms with van der Waals surface area (Å²) in [6.07, 6.45) is -1.67. The van der Waals surface area contributed by atoms with Gasteiger partial charge in [-0.2, -0.15) is 13.2 Å². The van der Waals surface area contributed by atoms with E-state index in [9.17, 15) is 21.6 Å². The van der Waals surface area contributed by atoms with Crippen LogP contribution in [0.25, 0.3) is 0 Å². The molecule has 0 saturated heterocycles. The number of anilines is 2. The molecule has 0 radical (unpaired) electrons. The molecule has 1 N–H and O–H groups in total. The molecule has 9 heteroatoms. The van der Waals surface area contributed by atoms with Crippen molar-refractivity contribution in [1.82, 2.24) is 4.98 Å². The maximum Gasteiger partial charge on any atom is 0.419 e. The molecule has 25 heavy (non-hydrogen) atoms. The molecule has 0 atom stereocenters. The Labute approximate surface area is 143 Å². The zero-order chi connectivity index (χ0) is 18.2. The lowest BCUT2D eigenvalue weighted by Crippen LogP contribution is -2.33. The van der Waals surface area contributed by atoms with E-state index in [2.05, 4.69) is 9.71 Å². The molecular weight excluding hydrogens is 355 g/mol. The summed E-state index contributed by atoms with van der Waals surface area (Å²) < 4.78 is 65.0. The van der Waals surface area contributed by atoms with Gasteiger partial charge in [0.1, 0.15) is 5.82 Å². The monoisotopic (exact) mass is 371 g/mol. The van der Waals surface area contributed by atoms with E-state index in [0.717, 1.165) is 23.4 Å². The number of aromatic nitrogens is 1. The normalized spacial score (nSPS) is 15.0. The quantitative estimate of drug-likeness (QED) is 0.901. The molecule has 0 aliphatic carbocycles. The smallest absolute Gasteiger partial charge is 0.351 e. The van der Waals surface area contributed by atoms with E-state index in [4.69, 9.17) is 0 Å². The molecule has 0 unspecified atom stereocenters. The fourth-order valence-electron chi connectivity index (χ4n) is 2.96. The lowest BCUT2D eigenvalue weighted by Gasteiger charge is -2.32. The van der Waals surface area contributed by atoms with Gasteiger partial charge in [0.05, 0.1) is 17.5 Å². The molecule has 3 rings (SSSR count). The highest BCUT2D eigenvalue weighted by atomic mass is 32.2. The van der Waals surface area contributed by atoms with Crippen molar-refractivity contribution >= 4 is 21.5 Å². The molecule has 134 valence electrons. The molecule has 5 nitrogen and oxygen atoms in total. The maximum atomic E-state index is 13.2. The van der Waals surface area contributed by atoms with Crippen molar-refractivity contribution in [2.75, 3.05) is 22.4 Å². The Balaban J connectivity index is 1.95. The Morgan fingerprint density at radius 2 is 1.96 bits per heavy atom. The predicted octanol–water partition coefficient (Wildman–Crippen LogP) is 3.03.